The summed E-state index contributed by atoms with van der Waals surface area (Å²) in [5.41, 5.74) is 1.05. The molecule has 14 heteroatoms. The fourth-order valence-corrected chi connectivity index (χ4v) is 7.36. The van der Waals surface area contributed by atoms with Crippen LogP contribution in [0.4, 0.5) is 4.39 Å². The van der Waals surface area contributed by atoms with Crippen LogP contribution < -0.4 is 10.6 Å². The quantitative estimate of drug-likeness (QED) is 0.286. The van der Waals surface area contributed by atoms with Gasteiger partial charge < -0.3 is 30.3 Å². The monoisotopic (exact) mass is 667 g/mol. The standard InChI is InChI=1S/C27H32BrFN6O4S2/c1-27(2,25(37)38)14-34-12-16-11-33(7-8-35(16)26(34)40)13-19-20(24(36)39-3)21(17-5-4-15(29)10-18(17)28)32-22(31-19)23-30-6-9-41-23/h4-6,9-10,16,21-22,31-32H,7-8,11-14H2,1-3H3,(H,37,38)/p+1/t16-,21?,22?/m0/s1. The van der Waals surface area contributed by atoms with Crippen LogP contribution in [0.5, 0.6) is 0 Å². The number of rotatable bonds is 8. The third-order valence-corrected chi connectivity index (χ3v) is 9.87. The van der Waals surface area contributed by atoms with E-state index < -0.39 is 23.4 Å². The van der Waals surface area contributed by atoms with Crippen molar-refractivity contribution in [2.24, 2.45) is 5.41 Å². The zero-order valence-corrected chi connectivity index (χ0v) is 26.2. The highest BCUT2D eigenvalue weighted by molar-refractivity contribution is 9.10. The van der Waals surface area contributed by atoms with Crippen LogP contribution in [0, 0.1) is 11.2 Å². The van der Waals surface area contributed by atoms with E-state index in [0.717, 1.165) is 16.3 Å². The molecule has 1 aromatic carbocycles. The maximum Gasteiger partial charge on any atom is 0.342 e. The zero-order chi connectivity index (χ0) is 29.5. The first-order chi connectivity index (χ1) is 19.5. The van der Waals surface area contributed by atoms with Gasteiger partial charge in [-0.3, -0.25) is 9.69 Å². The fraction of sp³-hybridized carbons (Fsp3) is 0.481. The SMILES string of the molecule is COC(=O)C1=C(CN2CCN3C(=S)N(CC(C)(C)C(=O)O)C[C@@H]3C2)NC(c2nccs2)[NH2+]C1c1ccc(F)cc1Br. The summed E-state index contributed by atoms with van der Waals surface area (Å²) in [6.45, 7) is 6.97. The topological polar surface area (TPSA) is 115 Å². The van der Waals surface area contributed by atoms with Gasteiger partial charge in [-0.1, -0.05) is 15.9 Å². The Morgan fingerprint density at radius 2 is 2.12 bits per heavy atom. The number of benzene rings is 1. The first-order valence-corrected chi connectivity index (χ1v) is 15.3. The summed E-state index contributed by atoms with van der Waals surface area (Å²) in [6, 6.07) is 4.13. The summed E-state index contributed by atoms with van der Waals surface area (Å²) >= 11 is 10.8. The minimum absolute atomic E-state index is 0.106. The third-order valence-electron chi connectivity index (χ3n) is 7.83. The molecule has 5 rings (SSSR count). The molecule has 2 aromatic rings. The zero-order valence-electron chi connectivity index (χ0n) is 23.0. The first kappa shape index (κ1) is 29.8. The second kappa shape index (κ2) is 11.9. The van der Waals surface area contributed by atoms with Gasteiger partial charge in [-0.15, -0.1) is 11.3 Å². The van der Waals surface area contributed by atoms with Crippen LogP contribution in [0.25, 0.3) is 0 Å². The molecule has 0 spiro atoms. The predicted molar refractivity (Wildman–Crippen MR) is 158 cm³/mol. The summed E-state index contributed by atoms with van der Waals surface area (Å²) in [6.07, 6.45) is 1.49. The van der Waals surface area contributed by atoms with Gasteiger partial charge >= 0.3 is 11.9 Å². The number of carbonyl (C=O) groups is 2. The van der Waals surface area contributed by atoms with Gasteiger partial charge in [-0.05, 0) is 44.3 Å². The number of piperazine rings is 1. The van der Waals surface area contributed by atoms with E-state index in [-0.39, 0.29) is 18.0 Å². The van der Waals surface area contributed by atoms with Gasteiger partial charge in [0.15, 0.2) is 10.1 Å². The summed E-state index contributed by atoms with van der Waals surface area (Å²) in [5, 5.41) is 18.6. The van der Waals surface area contributed by atoms with E-state index in [0.29, 0.717) is 54.4 Å². The number of hydrogen-bond donors (Lipinski definition) is 3. The molecular formula is C27H33BrFN6O4S2+. The molecule has 41 heavy (non-hydrogen) atoms. The summed E-state index contributed by atoms with van der Waals surface area (Å²) in [7, 11) is 1.36. The number of fused-ring (bicyclic) bond motifs is 1. The number of methoxy groups -OCH3 is 1. The lowest BCUT2D eigenvalue weighted by molar-refractivity contribution is -0.734. The molecule has 10 nitrogen and oxygen atoms in total. The lowest BCUT2D eigenvalue weighted by Gasteiger charge is -2.39. The van der Waals surface area contributed by atoms with Gasteiger partial charge in [-0.2, -0.15) is 0 Å². The van der Waals surface area contributed by atoms with Gasteiger partial charge in [-0.25, -0.2) is 14.2 Å². The van der Waals surface area contributed by atoms with E-state index in [2.05, 4.69) is 36.0 Å². The number of carbonyl (C=O) groups excluding carboxylic acids is 1. The number of aliphatic carboxylic acids is 1. The molecule has 0 saturated carbocycles. The average Bonchev–Trinajstić information content (AvgIpc) is 3.56. The van der Waals surface area contributed by atoms with E-state index >= 15 is 0 Å². The number of nitrogens with zero attached hydrogens (tertiary/aromatic N) is 4. The van der Waals surface area contributed by atoms with Crippen molar-refractivity contribution in [3.8, 4) is 0 Å². The number of nitrogens with one attached hydrogen (secondary N) is 1. The molecular weight excluding hydrogens is 635 g/mol. The van der Waals surface area contributed by atoms with Crippen molar-refractivity contribution in [1.82, 2.24) is 25.0 Å². The van der Waals surface area contributed by atoms with Gasteiger partial charge in [0.2, 0.25) is 6.17 Å². The van der Waals surface area contributed by atoms with Crippen molar-refractivity contribution in [2.75, 3.05) is 46.4 Å². The molecule has 0 bridgehead atoms. The van der Waals surface area contributed by atoms with E-state index in [1.165, 1.54) is 30.6 Å². The molecule has 3 aliphatic rings. The minimum Gasteiger partial charge on any atom is -0.481 e. The van der Waals surface area contributed by atoms with Crippen LogP contribution in [0.3, 0.4) is 0 Å². The molecule has 220 valence electrons. The number of aromatic nitrogens is 1. The smallest absolute Gasteiger partial charge is 0.342 e. The number of thiazole rings is 1. The van der Waals surface area contributed by atoms with Crippen molar-refractivity contribution in [3.05, 3.63) is 61.9 Å². The Hall–Kier alpha value is -2.65. The van der Waals surface area contributed by atoms with Crippen molar-refractivity contribution in [1.29, 1.82) is 0 Å². The van der Waals surface area contributed by atoms with Crippen LogP contribution in [-0.2, 0) is 14.3 Å². The van der Waals surface area contributed by atoms with E-state index in [1.54, 1.807) is 26.1 Å². The molecule has 2 saturated heterocycles. The Morgan fingerprint density at radius 3 is 2.78 bits per heavy atom. The van der Waals surface area contributed by atoms with Crippen LogP contribution in [0.15, 0.2) is 45.5 Å². The Morgan fingerprint density at radius 1 is 1.34 bits per heavy atom. The normalized spacial score (nSPS) is 23.4. The molecule has 0 aliphatic carbocycles. The molecule has 0 radical (unpaired) electrons. The number of nitrogens with two attached hydrogens (primary N) is 1. The number of thiocarbonyl (C=S) groups is 1. The Bertz CT molecular complexity index is 1370. The van der Waals surface area contributed by atoms with Crippen LogP contribution in [-0.4, -0.2) is 94.3 Å². The molecule has 2 fully saturated rings. The maximum atomic E-state index is 14.0. The predicted octanol–water partition coefficient (Wildman–Crippen LogP) is 2.08. The second-order valence-electron chi connectivity index (χ2n) is 11.1. The van der Waals surface area contributed by atoms with Crippen molar-refractivity contribution < 1.29 is 29.1 Å². The Balaban J connectivity index is 1.43. The summed E-state index contributed by atoms with van der Waals surface area (Å²) < 4.78 is 19.8. The Kier molecular flexibility index (Phi) is 8.67. The van der Waals surface area contributed by atoms with Gasteiger partial charge in [0, 0.05) is 66.6 Å². The van der Waals surface area contributed by atoms with Crippen molar-refractivity contribution in [3.63, 3.8) is 0 Å². The molecule has 4 heterocycles. The summed E-state index contributed by atoms with van der Waals surface area (Å²) in [5.74, 6) is -1.68. The van der Waals surface area contributed by atoms with E-state index in [1.807, 2.05) is 15.6 Å². The third kappa shape index (κ3) is 6.12. The number of ether oxygens (including phenoxy) is 1. The number of quaternary nitrogens is 1. The Labute approximate surface area is 255 Å². The first-order valence-electron chi connectivity index (χ1n) is 13.3. The average molecular weight is 669 g/mol. The minimum atomic E-state index is -0.921. The van der Waals surface area contributed by atoms with Crippen molar-refractivity contribution in [2.45, 2.75) is 32.1 Å². The van der Waals surface area contributed by atoms with Crippen molar-refractivity contribution >= 4 is 56.5 Å². The number of carboxylic acid groups (broad SMARTS) is 1. The largest absolute Gasteiger partial charge is 0.481 e. The summed E-state index contributed by atoms with van der Waals surface area (Å²) in [4.78, 5) is 36.0. The molecule has 3 aliphatic heterocycles. The van der Waals surface area contributed by atoms with Crippen LogP contribution >= 0.6 is 39.5 Å². The molecule has 3 atom stereocenters. The lowest BCUT2D eigenvalue weighted by atomic mass is 9.93. The van der Waals surface area contributed by atoms with Crippen LogP contribution in [0.1, 0.15) is 36.6 Å². The molecule has 1 aromatic heterocycles. The number of hydrogen-bond acceptors (Lipinski definition) is 8. The molecule has 0 amide bonds. The van der Waals surface area contributed by atoms with Gasteiger partial charge in [0.25, 0.3) is 0 Å². The highest BCUT2D eigenvalue weighted by Gasteiger charge is 2.44. The number of carboxylic acids is 1. The van der Waals surface area contributed by atoms with Crippen LogP contribution in [0.2, 0.25) is 0 Å². The van der Waals surface area contributed by atoms with Gasteiger partial charge in [0.1, 0.15) is 17.4 Å². The number of halogens is 2. The van der Waals surface area contributed by atoms with Gasteiger partial charge in [0.05, 0.1) is 18.6 Å². The highest BCUT2D eigenvalue weighted by atomic mass is 79.9. The van der Waals surface area contributed by atoms with E-state index in [4.69, 9.17) is 17.0 Å². The second-order valence-corrected chi connectivity index (χ2v) is 13.3. The molecule has 2 unspecified atom stereocenters. The highest BCUT2D eigenvalue weighted by Crippen LogP contribution is 2.33. The molecule has 4 N–H and O–H groups in total. The fourth-order valence-electron chi connectivity index (χ4n) is 5.71. The lowest BCUT2D eigenvalue weighted by Crippen LogP contribution is -2.91. The maximum absolute atomic E-state index is 14.0. The number of esters is 1. The van der Waals surface area contributed by atoms with E-state index in [9.17, 15) is 19.1 Å².